The number of halogens is 1. The fourth-order valence-corrected chi connectivity index (χ4v) is 2.22. The van der Waals surface area contributed by atoms with Gasteiger partial charge >= 0.3 is 0 Å². The zero-order valence-corrected chi connectivity index (χ0v) is 13.3. The van der Waals surface area contributed by atoms with Gasteiger partial charge in [-0.2, -0.15) is 0 Å². The highest BCUT2D eigenvalue weighted by Crippen LogP contribution is 2.09. The molecule has 116 valence electrons. The van der Waals surface area contributed by atoms with Crippen LogP contribution in [0.25, 0.3) is 0 Å². The summed E-state index contributed by atoms with van der Waals surface area (Å²) in [6.07, 6.45) is 1.43. The third kappa shape index (κ3) is 6.29. The highest BCUT2D eigenvalue weighted by molar-refractivity contribution is 6.30. The zero-order valence-electron chi connectivity index (χ0n) is 12.5. The lowest BCUT2D eigenvalue weighted by Gasteiger charge is -2.07. The van der Waals surface area contributed by atoms with Crippen molar-refractivity contribution >= 4 is 17.5 Å². The van der Waals surface area contributed by atoms with E-state index in [1.54, 1.807) is 0 Å². The molecule has 22 heavy (non-hydrogen) atoms. The van der Waals surface area contributed by atoms with Gasteiger partial charge in [-0.15, -0.1) is 0 Å². The average molecular weight is 317 g/mol. The number of carbonyl (C=O) groups is 1. The van der Waals surface area contributed by atoms with Crippen molar-refractivity contribution in [2.24, 2.45) is 0 Å². The van der Waals surface area contributed by atoms with Gasteiger partial charge in [-0.05, 0) is 36.2 Å². The molecule has 0 aliphatic heterocycles. The van der Waals surface area contributed by atoms with E-state index in [0.717, 1.165) is 23.6 Å². The number of amides is 1. The van der Waals surface area contributed by atoms with Gasteiger partial charge in [0, 0.05) is 24.5 Å². The van der Waals surface area contributed by atoms with E-state index in [-0.39, 0.29) is 5.91 Å². The molecule has 4 heteroatoms. The molecule has 0 aromatic heterocycles. The maximum Gasteiger partial charge on any atom is 0.221 e. The third-order valence-electron chi connectivity index (χ3n) is 3.37. The first kappa shape index (κ1) is 16.5. The summed E-state index contributed by atoms with van der Waals surface area (Å²) >= 11 is 5.84. The number of hydrogen-bond donors (Lipinski definition) is 2. The smallest absolute Gasteiger partial charge is 0.221 e. The minimum absolute atomic E-state index is 0.0721. The van der Waals surface area contributed by atoms with Crippen molar-refractivity contribution in [3.8, 4) is 0 Å². The van der Waals surface area contributed by atoms with E-state index >= 15 is 0 Å². The molecule has 0 bridgehead atoms. The highest BCUT2D eigenvalue weighted by atomic mass is 35.5. The number of nitrogens with one attached hydrogen (secondary N) is 2. The fourth-order valence-electron chi connectivity index (χ4n) is 2.10. The van der Waals surface area contributed by atoms with Crippen LogP contribution in [0.15, 0.2) is 54.6 Å². The van der Waals surface area contributed by atoms with Gasteiger partial charge in [0.25, 0.3) is 0 Å². The Labute approximate surface area is 136 Å². The lowest BCUT2D eigenvalue weighted by Crippen LogP contribution is -2.28. The molecule has 0 unspecified atom stereocenters. The molecule has 0 saturated heterocycles. The molecule has 0 heterocycles. The van der Waals surface area contributed by atoms with Gasteiger partial charge in [0.2, 0.25) is 5.91 Å². The number of benzene rings is 2. The Kier molecular flexibility index (Phi) is 6.94. The lowest BCUT2D eigenvalue weighted by atomic mass is 10.1. The number of carbonyl (C=O) groups excluding carboxylic acids is 1. The predicted octanol–water partition coefficient (Wildman–Crippen LogP) is 3.18. The van der Waals surface area contributed by atoms with Gasteiger partial charge in [0.1, 0.15) is 0 Å². The maximum absolute atomic E-state index is 11.7. The Morgan fingerprint density at radius 1 is 0.909 bits per heavy atom. The van der Waals surface area contributed by atoms with E-state index in [1.807, 2.05) is 54.6 Å². The number of rotatable bonds is 8. The molecular formula is C18H21ClN2O. The summed E-state index contributed by atoms with van der Waals surface area (Å²) in [7, 11) is 0. The van der Waals surface area contributed by atoms with Crippen LogP contribution in [0.2, 0.25) is 5.02 Å². The lowest BCUT2D eigenvalue weighted by molar-refractivity contribution is -0.121. The molecule has 0 spiro atoms. The summed E-state index contributed by atoms with van der Waals surface area (Å²) in [4.78, 5) is 11.7. The van der Waals surface area contributed by atoms with Gasteiger partial charge in [-0.25, -0.2) is 0 Å². The minimum atomic E-state index is 0.0721. The molecule has 2 N–H and O–H groups in total. The van der Waals surface area contributed by atoms with E-state index in [1.165, 1.54) is 5.56 Å². The van der Waals surface area contributed by atoms with Crippen LogP contribution in [0.5, 0.6) is 0 Å². The number of hydrogen-bond acceptors (Lipinski definition) is 2. The van der Waals surface area contributed by atoms with Crippen LogP contribution in [0.3, 0.4) is 0 Å². The molecule has 1 amide bonds. The molecule has 0 radical (unpaired) electrons. The first-order valence-electron chi connectivity index (χ1n) is 7.50. The predicted molar refractivity (Wildman–Crippen MR) is 90.9 cm³/mol. The fraction of sp³-hybridized carbons (Fsp3) is 0.278. The molecule has 2 rings (SSSR count). The standard InChI is InChI=1S/C18H21ClN2O/c19-17-8-6-15(7-9-17)10-12-20-13-11-18(22)21-14-16-4-2-1-3-5-16/h1-9,20H,10-14H2,(H,21,22). The molecule has 0 fully saturated rings. The summed E-state index contributed by atoms with van der Waals surface area (Å²) in [6.45, 7) is 2.13. The van der Waals surface area contributed by atoms with Crippen molar-refractivity contribution < 1.29 is 4.79 Å². The van der Waals surface area contributed by atoms with Crippen LogP contribution < -0.4 is 10.6 Å². The van der Waals surface area contributed by atoms with E-state index in [9.17, 15) is 4.79 Å². The molecule has 0 aliphatic rings. The molecule has 3 nitrogen and oxygen atoms in total. The molecule has 0 aliphatic carbocycles. The van der Waals surface area contributed by atoms with Gasteiger partial charge in [0.05, 0.1) is 0 Å². The summed E-state index contributed by atoms with van der Waals surface area (Å²) < 4.78 is 0. The van der Waals surface area contributed by atoms with E-state index in [2.05, 4.69) is 10.6 Å². The summed E-state index contributed by atoms with van der Waals surface area (Å²) in [5.74, 6) is 0.0721. The summed E-state index contributed by atoms with van der Waals surface area (Å²) in [6, 6.07) is 17.8. The van der Waals surface area contributed by atoms with Crippen LogP contribution >= 0.6 is 11.6 Å². The Morgan fingerprint density at radius 2 is 1.64 bits per heavy atom. The normalized spacial score (nSPS) is 10.4. The minimum Gasteiger partial charge on any atom is -0.352 e. The molecule has 2 aromatic carbocycles. The highest BCUT2D eigenvalue weighted by Gasteiger charge is 2.01. The first-order chi connectivity index (χ1) is 10.7. The average Bonchev–Trinajstić information content (AvgIpc) is 2.55. The Balaban J connectivity index is 1.54. The van der Waals surface area contributed by atoms with Gasteiger partial charge in [-0.3, -0.25) is 4.79 Å². The van der Waals surface area contributed by atoms with Crippen LogP contribution in [-0.4, -0.2) is 19.0 Å². The largest absolute Gasteiger partial charge is 0.352 e. The van der Waals surface area contributed by atoms with Gasteiger partial charge in [-0.1, -0.05) is 54.1 Å². The second-order valence-corrected chi connectivity index (χ2v) is 5.58. The topological polar surface area (TPSA) is 41.1 Å². The van der Waals surface area contributed by atoms with E-state index in [0.29, 0.717) is 19.5 Å². The van der Waals surface area contributed by atoms with Crippen LogP contribution in [0.1, 0.15) is 17.5 Å². The van der Waals surface area contributed by atoms with Crippen LogP contribution in [-0.2, 0) is 17.8 Å². The van der Waals surface area contributed by atoms with Crippen molar-refractivity contribution in [1.82, 2.24) is 10.6 Å². The summed E-state index contributed by atoms with van der Waals surface area (Å²) in [5.41, 5.74) is 2.36. The molecular weight excluding hydrogens is 296 g/mol. The SMILES string of the molecule is O=C(CCNCCc1ccc(Cl)cc1)NCc1ccccc1. The Hall–Kier alpha value is -1.84. The summed E-state index contributed by atoms with van der Waals surface area (Å²) in [5, 5.41) is 6.96. The van der Waals surface area contributed by atoms with Crippen molar-refractivity contribution in [3.05, 3.63) is 70.7 Å². The Morgan fingerprint density at radius 3 is 2.36 bits per heavy atom. The van der Waals surface area contributed by atoms with Crippen LogP contribution in [0.4, 0.5) is 0 Å². The second-order valence-electron chi connectivity index (χ2n) is 5.14. The van der Waals surface area contributed by atoms with Gasteiger partial charge < -0.3 is 10.6 Å². The maximum atomic E-state index is 11.7. The second kappa shape index (κ2) is 9.23. The first-order valence-corrected chi connectivity index (χ1v) is 7.87. The third-order valence-corrected chi connectivity index (χ3v) is 3.62. The van der Waals surface area contributed by atoms with Crippen molar-refractivity contribution in [3.63, 3.8) is 0 Å². The molecule has 2 aromatic rings. The Bertz CT molecular complexity index is 569. The van der Waals surface area contributed by atoms with Gasteiger partial charge in [0.15, 0.2) is 0 Å². The zero-order chi connectivity index (χ0) is 15.6. The monoisotopic (exact) mass is 316 g/mol. The van der Waals surface area contributed by atoms with Crippen molar-refractivity contribution in [2.45, 2.75) is 19.4 Å². The molecule has 0 atom stereocenters. The van der Waals surface area contributed by atoms with Crippen molar-refractivity contribution in [1.29, 1.82) is 0 Å². The van der Waals surface area contributed by atoms with E-state index < -0.39 is 0 Å². The quantitative estimate of drug-likeness (QED) is 0.734. The van der Waals surface area contributed by atoms with Crippen LogP contribution in [0, 0.1) is 0 Å². The van der Waals surface area contributed by atoms with E-state index in [4.69, 9.17) is 11.6 Å². The molecule has 0 saturated carbocycles. The van der Waals surface area contributed by atoms with Crippen molar-refractivity contribution in [2.75, 3.05) is 13.1 Å².